The largest absolute Gasteiger partial charge is 0.308 e. The van der Waals surface area contributed by atoms with E-state index in [0.29, 0.717) is 0 Å². The number of para-hydroxylation sites is 2. The number of allylic oxidation sites excluding steroid dienone is 2. The second-order valence-corrected chi connectivity index (χ2v) is 12.1. The number of benzene rings is 5. The van der Waals surface area contributed by atoms with Gasteiger partial charge in [0.25, 0.3) is 0 Å². The lowest BCUT2D eigenvalue weighted by molar-refractivity contribution is 1.29. The van der Waals surface area contributed by atoms with Gasteiger partial charge in [-0.05, 0) is 84.3 Å². The third-order valence-corrected chi connectivity index (χ3v) is 10.3. The molecule has 5 aromatic carbocycles. The van der Waals surface area contributed by atoms with E-state index in [9.17, 15) is 0 Å². The molecule has 0 bridgehead atoms. The Morgan fingerprint density at radius 1 is 0.477 bits per heavy atom. The molecule has 0 fully saturated rings. The summed E-state index contributed by atoms with van der Waals surface area (Å²) >= 11 is 0. The Labute approximate surface area is 259 Å². The minimum atomic E-state index is 0. The van der Waals surface area contributed by atoms with Gasteiger partial charge in [0.05, 0.1) is 33.1 Å². The van der Waals surface area contributed by atoms with Crippen LogP contribution in [0.1, 0.15) is 63.1 Å². The van der Waals surface area contributed by atoms with Crippen LogP contribution in [0.4, 0.5) is 0 Å². The van der Waals surface area contributed by atoms with Gasteiger partial charge in [-0.1, -0.05) is 90.4 Å². The summed E-state index contributed by atoms with van der Waals surface area (Å²) in [7, 11) is 0. The Hall–Kier alpha value is -4.82. The minimum absolute atomic E-state index is 0. The molecule has 9 aromatic rings. The molecule has 44 heavy (non-hydrogen) atoms. The average molecular weight is 573 g/mol. The van der Waals surface area contributed by atoms with E-state index in [4.69, 9.17) is 0 Å². The van der Waals surface area contributed by atoms with Gasteiger partial charge in [-0.2, -0.15) is 0 Å². The maximum atomic E-state index is 2.59. The summed E-state index contributed by atoms with van der Waals surface area (Å²) in [6.45, 7) is 4.73. The zero-order chi connectivity index (χ0) is 26.0. The molecule has 0 atom stereocenters. The van der Waals surface area contributed by atoms with Crippen LogP contribution in [-0.4, -0.2) is 8.80 Å². The van der Waals surface area contributed by atoms with Crippen LogP contribution in [0.2, 0.25) is 0 Å². The van der Waals surface area contributed by atoms with E-state index >= 15 is 0 Å². The molecule has 2 aliphatic rings. The van der Waals surface area contributed by atoms with Crippen LogP contribution in [-0.2, 0) is 12.8 Å². The first-order valence-corrected chi connectivity index (χ1v) is 14.4. The number of aryl methyl sites for hydroxylation is 2. The first kappa shape index (κ1) is 28.0. The van der Waals surface area contributed by atoms with E-state index in [2.05, 4.69) is 108 Å². The molecule has 0 saturated heterocycles. The molecule has 2 nitrogen and oxygen atoms in total. The Morgan fingerprint density at radius 2 is 0.909 bits per heavy atom. The Kier molecular flexibility index (Phi) is 5.63. The van der Waals surface area contributed by atoms with Crippen LogP contribution in [0, 0.1) is 13.8 Å². The van der Waals surface area contributed by atoms with Crippen molar-refractivity contribution in [1.82, 2.24) is 8.80 Å². The number of rotatable bonds is 0. The van der Waals surface area contributed by atoms with Gasteiger partial charge in [0.1, 0.15) is 0 Å². The molecule has 11 rings (SSSR count). The summed E-state index contributed by atoms with van der Waals surface area (Å²) in [5.41, 5.74) is 16.5. The van der Waals surface area contributed by atoms with Gasteiger partial charge < -0.3 is 8.80 Å². The van der Waals surface area contributed by atoms with Crippen LogP contribution in [0.5, 0.6) is 0 Å². The summed E-state index contributed by atoms with van der Waals surface area (Å²) in [6, 6.07) is 23.6. The monoisotopic (exact) mass is 572 g/mol. The number of hydrogen-bond donors (Lipinski definition) is 0. The minimum Gasteiger partial charge on any atom is -0.308 e. The van der Waals surface area contributed by atoms with Gasteiger partial charge >= 0.3 is 0 Å². The highest BCUT2D eigenvalue weighted by Gasteiger charge is 2.27. The predicted octanol–water partition coefficient (Wildman–Crippen LogP) is 12.3. The maximum absolute atomic E-state index is 2.59. The Morgan fingerprint density at radius 3 is 1.36 bits per heavy atom. The lowest BCUT2D eigenvalue weighted by Gasteiger charge is -2.10. The van der Waals surface area contributed by atoms with E-state index < -0.39 is 0 Å². The first-order chi connectivity index (χ1) is 19.7. The molecule has 0 radical (unpaired) electrons. The summed E-state index contributed by atoms with van der Waals surface area (Å²) < 4.78 is 5.19. The summed E-state index contributed by atoms with van der Waals surface area (Å²) in [6.07, 6.45) is 11.3. The van der Waals surface area contributed by atoms with Gasteiger partial charge in [0.15, 0.2) is 0 Å². The molecular formula is C42H40N2. The van der Waals surface area contributed by atoms with Crippen molar-refractivity contribution < 1.29 is 0 Å². The highest BCUT2D eigenvalue weighted by Crippen LogP contribution is 2.49. The fourth-order valence-electron chi connectivity index (χ4n) is 8.69. The van der Waals surface area contributed by atoms with Gasteiger partial charge in [0, 0.05) is 43.1 Å². The molecule has 2 heteroatoms. The highest BCUT2D eigenvalue weighted by atomic mass is 14.9. The zero-order valence-electron chi connectivity index (χ0n) is 22.4. The second-order valence-electron chi connectivity index (χ2n) is 12.1. The van der Waals surface area contributed by atoms with Gasteiger partial charge in [-0.25, -0.2) is 0 Å². The molecule has 0 N–H and O–H groups in total. The first-order valence-electron chi connectivity index (χ1n) is 14.4. The van der Waals surface area contributed by atoms with Crippen LogP contribution < -0.4 is 0 Å². The van der Waals surface area contributed by atoms with Gasteiger partial charge in [0.2, 0.25) is 0 Å². The second kappa shape index (κ2) is 8.86. The standard InChI is InChI=1S/C38H24N2.4CH4/c1-19-33-27-13-5-11-25-29-15-21-7-3-9-23(21)17-31(29)39(37(25)27)35(33)20(2)36-34(19)28-14-6-12-26-30-16-22-8-4-10-24(22)18-32(30)40(36)38(26)28;;;;/h3-6,9-18H,7-8H2,1-2H3;4*1H4. The number of fused-ring (bicyclic) bond motifs is 14. The number of hydrogen-bond acceptors (Lipinski definition) is 0. The third-order valence-electron chi connectivity index (χ3n) is 10.3. The van der Waals surface area contributed by atoms with E-state index in [1.165, 1.54) is 110 Å². The summed E-state index contributed by atoms with van der Waals surface area (Å²) in [4.78, 5) is 0. The van der Waals surface area contributed by atoms with Crippen LogP contribution in [0.15, 0.2) is 72.8 Å². The van der Waals surface area contributed by atoms with Crippen molar-refractivity contribution in [3.63, 3.8) is 0 Å². The number of aromatic nitrogens is 2. The molecule has 4 heterocycles. The van der Waals surface area contributed by atoms with E-state index in [-0.39, 0.29) is 29.7 Å². The molecule has 0 saturated carbocycles. The molecular weight excluding hydrogens is 532 g/mol. The Balaban J connectivity index is 0.000000781. The smallest absolute Gasteiger partial charge is 0.0620 e. The summed E-state index contributed by atoms with van der Waals surface area (Å²) in [5.74, 6) is 0. The molecule has 0 unspecified atom stereocenters. The van der Waals surface area contributed by atoms with Crippen molar-refractivity contribution >= 4 is 88.3 Å². The SMILES string of the molecule is C.C.C.C.Cc1c2c3cccc4c5cc6c(cc5n(c2c(C)c2c1c1cccc5c7cc8c(cc7n2c51)C=CC8)c43)C=CC6. The van der Waals surface area contributed by atoms with E-state index in [1.54, 1.807) is 0 Å². The highest BCUT2D eigenvalue weighted by molar-refractivity contribution is 6.31. The van der Waals surface area contributed by atoms with Crippen molar-refractivity contribution in [3.8, 4) is 0 Å². The molecule has 218 valence electrons. The topological polar surface area (TPSA) is 8.82 Å². The normalized spacial score (nSPS) is 13.5. The molecule has 2 aliphatic carbocycles. The Bertz CT molecular complexity index is 2520. The van der Waals surface area contributed by atoms with E-state index in [0.717, 1.165) is 12.8 Å². The van der Waals surface area contributed by atoms with Crippen LogP contribution in [0.3, 0.4) is 0 Å². The van der Waals surface area contributed by atoms with Crippen LogP contribution in [0.25, 0.3) is 88.3 Å². The quantitative estimate of drug-likeness (QED) is 0.171. The van der Waals surface area contributed by atoms with E-state index in [1.807, 2.05) is 0 Å². The fraction of sp³-hybridized carbons (Fsp3) is 0.190. The fourth-order valence-corrected chi connectivity index (χ4v) is 8.69. The average Bonchev–Trinajstić information content (AvgIpc) is 3.80. The van der Waals surface area contributed by atoms with Crippen molar-refractivity contribution in [2.45, 2.75) is 56.4 Å². The molecule has 0 spiro atoms. The lowest BCUT2D eigenvalue weighted by atomic mass is 9.96. The van der Waals surface area contributed by atoms with Crippen molar-refractivity contribution in [2.24, 2.45) is 0 Å². The van der Waals surface area contributed by atoms with Crippen molar-refractivity contribution in [2.75, 3.05) is 0 Å². The van der Waals surface area contributed by atoms with Gasteiger partial charge in [-0.3, -0.25) is 0 Å². The zero-order valence-corrected chi connectivity index (χ0v) is 22.4. The van der Waals surface area contributed by atoms with Crippen molar-refractivity contribution in [1.29, 1.82) is 0 Å². The molecule has 4 aromatic heterocycles. The summed E-state index contributed by atoms with van der Waals surface area (Å²) in [5, 5.41) is 11.1. The lowest BCUT2D eigenvalue weighted by Crippen LogP contribution is -1.93. The molecule has 0 amide bonds. The molecule has 0 aliphatic heterocycles. The predicted molar refractivity (Wildman–Crippen MR) is 198 cm³/mol. The number of nitrogens with zero attached hydrogens (tertiary/aromatic N) is 2. The maximum Gasteiger partial charge on any atom is 0.0620 e. The van der Waals surface area contributed by atoms with Gasteiger partial charge in [-0.15, -0.1) is 0 Å². The third kappa shape index (κ3) is 2.83. The van der Waals surface area contributed by atoms with Crippen LogP contribution >= 0.6 is 0 Å². The van der Waals surface area contributed by atoms with Crippen molar-refractivity contribution in [3.05, 3.63) is 106 Å².